The first-order chi connectivity index (χ1) is 10.2. The summed E-state index contributed by atoms with van der Waals surface area (Å²) in [5, 5.41) is 19.8. The Morgan fingerprint density at radius 1 is 1.38 bits per heavy atom. The molecule has 1 aromatic heterocycles. The van der Waals surface area contributed by atoms with Crippen LogP contribution >= 0.6 is 0 Å². The number of hydrogen-bond acceptors (Lipinski definition) is 4. The molecule has 2 N–H and O–H groups in total. The summed E-state index contributed by atoms with van der Waals surface area (Å²) in [5.74, 6) is -0.543. The third-order valence-corrected chi connectivity index (χ3v) is 2.94. The summed E-state index contributed by atoms with van der Waals surface area (Å²) in [6, 6.07) is 5.75. The van der Waals surface area contributed by atoms with Crippen molar-refractivity contribution in [3.63, 3.8) is 0 Å². The molecule has 1 aromatic carbocycles. The second-order valence-electron chi connectivity index (χ2n) is 4.56. The van der Waals surface area contributed by atoms with Gasteiger partial charge in [-0.1, -0.05) is 12.1 Å². The molecule has 0 bridgehead atoms. The van der Waals surface area contributed by atoms with Gasteiger partial charge in [0.15, 0.2) is 0 Å². The largest absolute Gasteiger partial charge is 0.390 e. The van der Waals surface area contributed by atoms with Crippen molar-refractivity contribution in [3.05, 3.63) is 35.8 Å². The number of aliphatic hydroxyl groups excluding tert-OH is 1. The van der Waals surface area contributed by atoms with Crippen LogP contribution in [0.3, 0.4) is 0 Å². The van der Waals surface area contributed by atoms with Crippen LogP contribution in [0.2, 0.25) is 0 Å². The molecule has 0 aliphatic heterocycles. The molecule has 6 nitrogen and oxygen atoms in total. The summed E-state index contributed by atoms with van der Waals surface area (Å²) >= 11 is 0. The molecule has 1 heterocycles. The van der Waals surface area contributed by atoms with Crippen LogP contribution < -0.4 is 5.32 Å². The smallest absolute Gasteiger partial charge is 0.241 e. The highest BCUT2D eigenvalue weighted by Crippen LogP contribution is 2.22. The van der Waals surface area contributed by atoms with Crippen LogP contribution in [0.5, 0.6) is 0 Å². The van der Waals surface area contributed by atoms with Gasteiger partial charge in [-0.15, -0.1) is 5.10 Å². The van der Waals surface area contributed by atoms with Crippen LogP contribution in [0.4, 0.5) is 4.39 Å². The zero-order valence-corrected chi connectivity index (χ0v) is 11.7. The first-order valence-corrected chi connectivity index (χ1v) is 6.71. The Balaban J connectivity index is 2.28. The van der Waals surface area contributed by atoms with Gasteiger partial charge >= 0.3 is 0 Å². The Bertz CT molecular complexity index is 610. The number of hydrogen-bond donors (Lipinski definition) is 2. The van der Waals surface area contributed by atoms with Gasteiger partial charge in [0.1, 0.15) is 18.1 Å². The highest BCUT2D eigenvalue weighted by molar-refractivity contribution is 5.76. The number of benzene rings is 1. The number of nitrogens with zero attached hydrogens (tertiary/aromatic N) is 3. The molecule has 0 saturated carbocycles. The standard InChI is InChI=1S/C14H17FN4O2/c1-2-7-16-13(21)8-19-14(12(9-20)17-18-19)10-3-5-11(15)6-4-10/h3-6,20H,2,7-9H2,1H3,(H,16,21). The molecule has 0 spiro atoms. The zero-order valence-electron chi connectivity index (χ0n) is 11.7. The molecule has 0 unspecified atom stereocenters. The number of aromatic nitrogens is 3. The maximum absolute atomic E-state index is 13.0. The lowest BCUT2D eigenvalue weighted by atomic mass is 10.1. The Labute approximate surface area is 121 Å². The van der Waals surface area contributed by atoms with Gasteiger partial charge in [0.25, 0.3) is 0 Å². The Morgan fingerprint density at radius 3 is 2.71 bits per heavy atom. The van der Waals surface area contributed by atoms with E-state index >= 15 is 0 Å². The third kappa shape index (κ3) is 3.63. The van der Waals surface area contributed by atoms with E-state index in [0.717, 1.165) is 6.42 Å². The quantitative estimate of drug-likeness (QED) is 0.835. The monoisotopic (exact) mass is 292 g/mol. The molecule has 2 rings (SSSR count). The summed E-state index contributed by atoms with van der Waals surface area (Å²) < 4.78 is 14.4. The topological polar surface area (TPSA) is 80.0 Å². The predicted octanol–water partition coefficient (Wildman–Crippen LogP) is 1.10. The fraction of sp³-hybridized carbons (Fsp3) is 0.357. The van der Waals surface area contributed by atoms with Crippen molar-refractivity contribution in [1.82, 2.24) is 20.3 Å². The molecule has 2 aromatic rings. The van der Waals surface area contributed by atoms with Crippen LogP contribution in [0.15, 0.2) is 24.3 Å². The van der Waals surface area contributed by atoms with Crippen LogP contribution in [0.25, 0.3) is 11.3 Å². The number of rotatable bonds is 6. The molecule has 0 saturated heterocycles. The first kappa shape index (κ1) is 15.1. The van der Waals surface area contributed by atoms with Gasteiger partial charge in [-0.05, 0) is 30.7 Å². The van der Waals surface area contributed by atoms with Crippen molar-refractivity contribution in [2.45, 2.75) is 26.5 Å². The molecule has 0 aliphatic rings. The fourth-order valence-electron chi connectivity index (χ4n) is 1.95. The lowest BCUT2D eigenvalue weighted by Gasteiger charge is -2.08. The van der Waals surface area contributed by atoms with Crippen molar-refractivity contribution >= 4 is 5.91 Å². The Hall–Kier alpha value is -2.28. The molecule has 0 atom stereocenters. The normalized spacial score (nSPS) is 10.6. The number of nitrogens with one attached hydrogen (secondary N) is 1. The minimum absolute atomic E-state index is 0.000288. The van der Waals surface area contributed by atoms with Gasteiger partial charge in [0, 0.05) is 12.1 Å². The van der Waals surface area contributed by atoms with Crippen LogP contribution in [0.1, 0.15) is 19.0 Å². The maximum atomic E-state index is 13.0. The minimum atomic E-state index is -0.357. The molecule has 0 radical (unpaired) electrons. The second-order valence-corrected chi connectivity index (χ2v) is 4.56. The van der Waals surface area contributed by atoms with Gasteiger partial charge in [0.05, 0.1) is 12.3 Å². The van der Waals surface area contributed by atoms with Crippen LogP contribution in [-0.2, 0) is 17.9 Å². The van der Waals surface area contributed by atoms with E-state index < -0.39 is 0 Å². The number of amides is 1. The average Bonchev–Trinajstić information content (AvgIpc) is 2.88. The van der Waals surface area contributed by atoms with E-state index in [2.05, 4.69) is 15.6 Å². The summed E-state index contributed by atoms with van der Waals surface area (Å²) in [5.41, 5.74) is 1.52. The van der Waals surface area contributed by atoms with E-state index in [0.29, 0.717) is 23.5 Å². The Morgan fingerprint density at radius 2 is 2.10 bits per heavy atom. The summed E-state index contributed by atoms with van der Waals surface area (Å²) in [6.07, 6.45) is 0.843. The highest BCUT2D eigenvalue weighted by atomic mass is 19.1. The van der Waals surface area contributed by atoms with Crippen molar-refractivity contribution in [3.8, 4) is 11.3 Å². The van der Waals surface area contributed by atoms with E-state index in [1.807, 2.05) is 6.92 Å². The third-order valence-electron chi connectivity index (χ3n) is 2.94. The number of halogens is 1. The van der Waals surface area contributed by atoms with Crippen LogP contribution in [-0.4, -0.2) is 32.6 Å². The summed E-state index contributed by atoms with van der Waals surface area (Å²) in [6.45, 7) is 2.25. The van der Waals surface area contributed by atoms with E-state index in [1.165, 1.54) is 16.8 Å². The molecule has 0 fully saturated rings. The maximum Gasteiger partial charge on any atom is 0.241 e. The van der Waals surface area contributed by atoms with Crippen molar-refractivity contribution in [2.75, 3.05) is 6.54 Å². The minimum Gasteiger partial charge on any atom is -0.390 e. The number of aliphatic hydroxyl groups is 1. The van der Waals surface area contributed by atoms with Crippen molar-refractivity contribution < 1.29 is 14.3 Å². The SMILES string of the molecule is CCCNC(=O)Cn1nnc(CO)c1-c1ccc(F)cc1. The number of carbonyl (C=O) groups excluding carboxylic acids is 1. The lowest BCUT2D eigenvalue weighted by molar-refractivity contribution is -0.121. The van der Waals surface area contributed by atoms with Crippen molar-refractivity contribution in [2.24, 2.45) is 0 Å². The first-order valence-electron chi connectivity index (χ1n) is 6.71. The van der Waals surface area contributed by atoms with E-state index in [4.69, 9.17) is 0 Å². The zero-order chi connectivity index (χ0) is 15.2. The molecule has 0 aliphatic carbocycles. The molecule has 1 amide bonds. The molecule has 112 valence electrons. The van der Waals surface area contributed by atoms with Crippen molar-refractivity contribution in [1.29, 1.82) is 0 Å². The van der Waals surface area contributed by atoms with Gasteiger partial charge in [-0.3, -0.25) is 4.79 Å². The van der Waals surface area contributed by atoms with E-state index in [9.17, 15) is 14.3 Å². The number of carbonyl (C=O) groups is 1. The summed E-state index contributed by atoms with van der Waals surface area (Å²) in [7, 11) is 0. The average molecular weight is 292 g/mol. The second kappa shape index (κ2) is 6.94. The highest BCUT2D eigenvalue weighted by Gasteiger charge is 2.16. The molecular weight excluding hydrogens is 275 g/mol. The molecule has 21 heavy (non-hydrogen) atoms. The van der Waals surface area contributed by atoms with E-state index in [-0.39, 0.29) is 24.9 Å². The van der Waals surface area contributed by atoms with Crippen LogP contribution in [0, 0.1) is 5.82 Å². The molecule has 7 heteroatoms. The van der Waals surface area contributed by atoms with Gasteiger partial charge < -0.3 is 10.4 Å². The van der Waals surface area contributed by atoms with E-state index in [1.54, 1.807) is 12.1 Å². The molecular formula is C14H17FN4O2. The Kier molecular flexibility index (Phi) is 4.99. The summed E-state index contributed by atoms with van der Waals surface area (Å²) in [4.78, 5) is 11.8. The predicted molar refractivity (Wildman–Crippen MR) is 74.6 cm³/mol. The lowest BCUT2D eigenvalue weighted by Crippen LogP contribution is -2.28. The van der Waals surface area contributed by atoms with Gasteiger partial charge in [-0.25, -0.2) is 9.07 Å². The van der Waals surface area contributed by atoms with Gasteiger partial charge in [-0.2, -0.15) is 0 Å². The van der Waals surface area contributed by atoms with Gasteiger partial charge in [0.2, 0.25) is 5.91 Å². The fourth-order valence-corrected chi connectivity index (χ4v) is 1.95.